The summed E-state index contributed by atoms with van der Waals surface area (Å²) in [5.74, 6) is -0.686. The van der Waals surface area contributed by atoms with Crippen LogP contribution in [0.25, 0.3) is 0 Å². The first-order valence-electron chi connectivity index (χ1n) is 5.69. The molecular weight excluding hydrogens is 250 g/mol. The Hall–Kier alpha value is -2.44. The molecule has 1 atom stereocenters. The Morgan fingerprint density at radius 3 is 2.79 bits per heavy atom. The summed E-state index contributed by atoms with van der Waals surface area (Å²) in [6.07, 6.45) is 0.451. The van der Waals surface area contributed by atoms with Crippen LogP contribution in [0, 0.1) is 0 Å². The van der Waals surface area contributed by atoms with Crippen molar-refractivity contribution < 1.29 is 19.8 Å². The predicted molar refractivity (Wildman–Crippen MR) is 69.6 cm³/mol. The van der Waals surface area contributed by atoms with Gasteiger partial charge < -0.3 is 26.1 Å². The van der Waals surface area contributed by atoms with Gasteiger partial charge in [0.15, 0.2) is 17.3 Å². The monoisotopic (exact) mass is 267 g/mol. The minimum absolute atomic E-state index is 0.0588. The zero-order valence-electron chi connectivity index (χ0n) is 10.8. The Morgan fingerprint density at radius 1 is 1.58 bits per heavy atom. The SMILES string of the molecule is CCC(NC(=O)c1cccc(OC)c1O)/C(N)=N/O. The number of ether oxygens (including phenoxy) is 1. The number of phenols is 1. The maximum absolute atomic E-state index is 12.0. The quantitative estimate of drug-likeness (QED) is 0.270. The molecule has 0 aliphatic carbocycles. The van der Waals surface area contributed by atoms with Gasteiger partial charge in [-0.25, -0.2) is 0 Å². The molecule has 1 aromatic carbocycles. The van der Waals surface area contributed by atoms with E-state index in [0.29, 0.717) is 6.42 Å². The smallest absolute Gasteiger partial charge is 0.255 e. The van der Waals surface area contributed by atoms with E-state index < -0.39 is 11.9 Å². The van der Waals surface area contributed by atoms with E-state index in [1.54, 1.807) is 13.0 Å². The lowest BCUT2D eigenvalue weighted by molar-refractivity contribution is 0.0942. The van der Waals surface area contributed by atoms with E-state index in [9.17, 15) is 9.90 Å². The van der Waals surface area contributed by atoms with E-state index in [2.05, 4.69) is 10.5 Å². The van der Waals surface area contributed by atoms with Gasteiger partial charge in [-0.1, -0.05) is 18.1 Å². The van der Waals surface area contributed by atoms with Gasteiger partial charge in [-0.15, -0.1) is 0 Å². The van der Waals surface area contributed by atoms with Crippen LogP contribution in [0.15, 0.2) is 23.4 Å². The lowest BCUT2D eigenvalue weighted by Gasteiger charge is -2.16. The Labute approximate surface area is 110 Å². The molecule has 5 N–H and O–H groups in total. The number of carbonyl (C=O) groups excluding carboxylic acids is 1. The molecule has 1 unspecified atom stereocenters. The highest BCUT2D eigenvalue weighted by molar-refractivity contribution is 6.00. The molecule has 104 valence electrons. The highest BCUT2D eigenvalue weighted by atomic mass is 16.5. The standard InChI is InChI=1S/C12H17N3O4/c1-3-8(11(13)15-18)14-12(17)7-5-4-6-9(19-2)10(7)16/h4-6,8,16,18H,3H2,1-2H3,(H2,13,15)(H,14,17). The van der Waals surface area contributed by atoms with E-state index in [4.69, 9.17) is 15.7 Å². The number of carbonyl (C=O) groups is 1. The van der Waals surface area contributed by atoms with Crippen molar-refractivity contribution in [2.45, 2.75) is 19.4 Å². The number of methoxy groups -OCH3 is 1. The number of amides is 1. The lowest BCUT2D eigenvalue weighted by atomic mass is 10.1. The van der Waals surface area contributed by atoms with Gasteiger partial charge in [-0.05, 0) is 18.6 Å². The van der Waals surface area contributed by atoms with Gasteiger partial charge in [0.2, 0.25) is 0 Å². The molecule has 7 nitrogen and oxygen atoms in total. The molecule has 0 aromatic heterocycles. The number of aromatic hydroxyl groups is 1. The van der Waals surface area contributed by atoms with Gasteiger partial charge in [0.05, 0.1) is 18.7 Å². The second-order valence-electron chi connectivity index (χ2n) is 3.82. The molecule has 0 saturated heterocycles. The number of hydrogen-bond acceptors (Lipinski definition) is 5. The molecule has 19 heavy (non-hydrogen) atoms. The molecule has 7 heteroatoms. The van der Waals surface area contributed by atoms with E-state index in [0.717, 1.165) is 0 Å². The molecule has 1 amide bonds. The molecule has 0 spiro atoms. The fourth-order valence-corrected chi connectivity index (χ4v) is 1.56. The summed E-state index contributed by atoms with van der Waals surface area (Å²) in [4.78, 5) is 12.0. The Morgan fingerprint density at radius 2 is 2.26 bits per heavy atom. The first-order valence-corrected chi connectivity index (χ1v) is 5.69. The Bertz CT molecular complexity index is 488. The summed E-state index contributed by atoms with van der Waals surface area (Å²) < 4.78 is 4.92. The van der Waals surface area contributed by atoms with Gasteiger partial charge in [0, 0.05) is 0 Å². The lowest BCUT2D eigenvalue weighted by Crippen LogP contribution is -2.44. The van der Waals surface area contributed by atoms with Crippen LogP contribution in [-0.2, 0) is 0 Å². The van der Waals surface area contributed by atoms with Crippen molar-refractivity contribution in [1.29, 1.82) is 0 Å². The first-order chi connectivity index (χ1) is 9.04. The van der Waals surface area contributed by atoms with Crippen LogP contribution in [-0.4, -0.2) is 35.2 Å². The van der Waals surface area contributed by atoms with Crippen LogP contribution in [0.1, 0.15) is 23.7 Å². The molecule has 0 saturated carbocycles. The maximum atomic E-state index is 12.0. The second-order valence-corrected chi connectivity index (χ2v) is 3.82. The van der Waals surface area contributed by atoms with Gasteiger partial charge in [-0.3, -0.25) is 4.79 Å². The van der Waals surface area contributed by atoms with Crippen molar-refractivity contribution >= 4 is 11.7 Å². The van der Waals surface area contributed by atoms with Gasteiger partial charge in [0.25, 0.3) is 5.91 Å². The third-order valence-electron chi connectivity index (χ3n) is 2.65. The number of rotatable bonds is 5. The molecule has 0 heterocycles. The largest absolute Gasteiger partial charge is 0.504 e. The van der Waals surface area contributed by atoms with E-state index in [1.165, 1.54) is 19.2 Å². The number of hydrogen-bond donors (Lipinski definition) is 4. The fourth-order valence-electron chi connectivity index (χ4n) is 1.56. The third-order valence-corrected chi connectivity index (χ3v) is 2.65. The van der Waals surface area contributed by atoms with Gasteiger partial charge in [-0.2, -0.15) is 0 Å². The number of amidine groups is 1. The van der Waals surface area contributed by atoms with Gasteiger partial charge in [0.1, 0.15) is 0 Å². The maximum Gasteiger partial charge on any atom is 0.255 e. The zero-order chi connectivity index (χ0) is 14.4. The molecule has 0 radical (unpaired) electrons. The van der Waals surface area contributed by atoms with Crippen LogP contribution in [0.3, 0.4) is 0 Å². The van der Waals surface area contributed by atoms with Crippen LogP contribution >= 0.6 is 0 Å². The van der Waals surface area contributed by atoms with Crippen LogP contribution < -0.4 is 15.8 Å². The van der Waals surface area contributed by atoms with Crippen molar-refractivity contribution in [3.05, 3.63) is 23.8 Å². The molecule has 0 aliphatic rings. The number of nitrogens with two attached hydrogens (primary N) is 1. The van der Waals surface area contributed by atoms with Crippen molar-refractivity contribution in [2.24, 2.45) is 10.9 Å². The third kappa shape index (κ3) is 3.27. The summed E-state index contributed by atoms with van der Waals surface area (Å²) in [5.41, 5.74) is 5.51. The van der Waals surface area contributed by atoms with E-state index >= 15 is 0 Å². The second kappa shape index (κ2) is 6.48. The minimum Gasteiger partial charge on any atom is -0.504 e. The number of para-hydroxylation sites is 1. The van der Waals surface area contributed by atoms with Crippen LogP contribution in [0.5, 0.6) is 11.5 Å². The summed E-state index contributed by atoms with van der Waals surface area (Å²) in [5, 5.41) is 23.9. The molecular formula is C12H17N3O4. The Kier molecular flexibility index (Phi) is 4.99. The summed E-state index contributed by atoms with van der Waals surface area (Å²) in [6, 6.07) is 3.96. The number of nitrogens with one attached hydrogen (secondary N) is 1. The van der Waals surface area contributed by atoms with E-state index in [1.807, 2.05) is 0 Å². The summed E-state index contributed by atoms with van der Waals surface area (Å²) in [6.45, 7) is 1.77. The number of benzene rings is 1. The predicted octanol–water partition coefficient (Wildman–Crippen LogP) is 0.656. The number of oxime groups is 1. The number of phenolic OH excluding ortho intramolecular Hbond substituents is 1. The fraction of sp³-hybridized carbons (Fsp3) is 0.333. The first kappa shape index (κ1) is 14.6. The molecule has 0 bridgehead atoms. The van der Waals surface area contributed by atoms with Crippen molar-refractivity contribution in [1.82, 2.24) is 5.32 Å². The summed E-state index contributed by atoms with van der Waals surface area (Å²) in [7, 11) is 1.39. The Balaban J connectivity index is 2.95. The highest BCUT2D eigenvalue weighted by Gasteiger charge is 2.19. The van der Waals surface area contributed by atoms with Crippen LogP contribution in [0.2, 0.25) is 0 Å². The minimum atomic E-state index is -0.608. The van der Waals surface area contributed by atoms with Crippen molar-refractivity contribution in [3.63, 3.8) is 0 Å². The zero-order valence-corrected chi connectivity index (χ0v) is 10.8. The normalized spacial score (nSPS) is 12.8. The number of nitrogens with zero attached hydrogens (tertiary/aromatic N) is 1. The van der Waals surface area contributed by atoms with Crippen molar-refractivity contribution in [2.75, 3.05) is 7.11 Å². The van der Waals surface area contributed by atoms with Gasteiger partial charge >= 0.3 is 0 Å². The average molecular weight is 267 g/mol. The molecule has 1 rings (SSSR count). The van der Waals surface area contributed by atoms with E-state index in [-0.39, 0.29) is 22.9 Å². The molecule has 1 aromatic rings. The van der Waals surface area contributed by atoms with Crippen LogP contribution in [0.4, 0.5) is 0 Å². The molecule has 0 aliphatic heterocycles. The van der Waals surface area contributed by atoms with Crippen molar-refractivity contribution in [3.8, 4) is 11.5 Å². The average Bonchev–Trinajstić information content (AvgIpc) is 2.43. The molecule has 0 fully saturated rings. The highest BCUT2D eigenvalue weighted by Crippen LogP contribution is 2.29. The summed E-state index contributed by atoms with van der Waals surface area (Å²) >= 11 is 0. The topological polar surface area (TPSA) is 117 Å².